The Morgan fingerprint density at radius 3 is 2.24 bits per heavy atom. The molecule has 3 N–H and O–H groups in total. The van der Waals surface area contributed by atoms with Gasteiger partial charge >= 0.3 is 0 Å². The molecule has 0 aliphatic carbocycles. The first-order chi connectivity index (χ1) is 18.0. The lowest BCUT2D eigenvalue weighted by molar-refractivity contribution is -0.120. The van der Waals surface area contributed by atoms with Crippen molar-refractivity contribution in [1.82, 2.24) is 10.6 Å². The number of benzene rings is 3. The van der Waals surface area contributed by atoms with E-state index in [1.807, 2.05) is 18.2 Å². The van der Waals surface area contributed by atoms with Crippen LogP contribution in [-0.2, 0) is 24.2 Å². The SMILES string of the molecule is CC(=O)N[C@@H](Cc1cc(F)cc(F)c1)[C@H](O)CNCc1cc(CC(C)C)ccc1-c1cccc(C(C)=O)c1. The van der Waals surface area contributed by atoms with E-state index in [0.717, 1.165) is 29.2 Å². The molecule has 0 fully saturated rings. The van der Waals surface area contributed by atoms with Crippen LogP contribution in [0.2, 0.25) is 0 Å². The van der Waals surface area contributed by atoms with Crippen molar-refractivity contribution in [2.45, 2.75) is 59.2 Å². The molecule has 0 radical (unpaired) electrons. The summed E-state index contributed by atoms with van der Waals surface area (Å²) in [4.78, 5) is 23.7. The van der Waals surface area contributed by atoms with Gasteiger partial charge in [-0.3, -0.25) is 9.59 Å². The van der Waals surface area contributed by atoms with E-state index >= 15 is 0 Å². The summed E-state index contributed by atoms with van der Waals surface area (Å²) in [6, 6.07) is 16.2. The van der Waals surface area contributed by atoms with Gasteiger partial charge in [-0.2, -0.15) is 0 Å². The van der Waals surface area contributed by atoms with Crippen molar-refractivity contribution in [2.75, 3.05) is 6.54 Å². The second-order valence-corrected chi connectivity index (χ2v) is 10.2. The molecule has 2 atom stereocenters. The highest BCUT2D eigenvalue weighted by Gasteiger charge is 2.21. The molecule has 0 saturated carbocycles. The van der Waals surface area contributed by atoms with Crippen LogP contribution in [-0.4, -0.2) is 35.5 Å². The molecule has 5 nitrogen and oxygen atoms in total. The van der Waals surface area contributed by atoms with Gasteiger partial charge in [0, 0.05) is 31.6 Å². The fourth-order valence-electron chi connectivity index (χ4n) is 4.60. The normalized spacial score (nSPS) is 12.8. The second kappa shape index (κ2) is 13.4. The van der Waals surface area contributed by atoms with E-state index < -0.39 is 23.8 Å². The number of hydrogen-bond acceptors (Lipinski definition) is 4. The van der Waals surface area contributed by atoms with Crippen LogP contribution in [0.4, 0.5) is 8.78 Å². The third-order valence-electron chi connectivity index (χ3n) is 6.29. The molecule has 0 saturated heterocycles. The summed E-state index contributed by atoms with van der Waals surface area (Å²) in [5.74, 6) is -1.29. The van der Waals surface area contributed by atoms with Gasteiger partial charge in [0.15, 0.2) is 5.78 Å². The van der Waals surface area contributed by atoms with Crippen LogP contribution in [0.3, 0.4) is 0 Å². The summed E-state index contributed by atoms with van der Waals surface area (Å²) >= 11 is 0. The summed E-state index contributed by atoms with van der Waals surface area (Å²) in [5.41, 5.74) is 5.09. The van der Waals surface area contributed by atoms with E-state index in [4.69, 9.17) is 0 Å². The van der Waals surface area contributed by atoms with E-state index in [2.05, 4.69) is 42.7 Å². The van der Waals surface area contributed by atoms with Gasteiger partial charge in [0.2, 0.25) is 5.91 Å². The molecule has 0 bridgehead atoms. The monoisotopic (exact) mass is 522 g/mol. The molecule has 0 unspecified atom stereocenters. The zero-order valence-electron chi connectivity index (χ0n) is 22.4. The zero-order valence-corrected chi connectivity index (χ0v) is 22.4. The summed E-state index contributed by atoms with van der Waals surface area (Å²) in [5, 5.41) is 16.9. The van der Waals surface area contributed by atoms with Gasteiger partial charge in [0.25, 0.3) is 0 Å². The van der Waals surface area contributed by atoms with Gasteiger partial charge < -0.3 is 15.7 Å². The Morgan fingerprint density at radius 2 is 1.61 bits per heavy atom. The molecule has 0 aliphatic heterocycles. The first kappa shape index (κ1) is 29.1. The highest BCUT2D eigenvalue weighted by Crippen LogP contribution is 2.27. The maximum absolute atomic E-state index is 13.7. The van der Waals surface area contributed by atoms with Gasteiger partial charge in [-0.1, -0.05) is 50.2 Å². The number of hydrogen-bond donors (Lipinski definition) is 3. The van der Waals surface area contributed by atoms with Crippen LogP contribution in [0.15, 0.2) is 60.7 Å². The van der Waals surface area contributed by atoms with Crippen LogP contribution in [0.1, 0.15) is 54.7 Å². The third kappa shape index (κ3) is 8.57. The highest BCUT2D eigenvalue weighted by atomic mass is 19.1. The molecule has 38 heavy (non-hydrogen) atoms. The van der Waals surface area contributed by atoms with Gasteiger partial charge in [-0.05, 0) is 71.7 Å². The Hall–Kier alpha value is -3.42. The molecule has 1 amide bonds. The average Bonchev–Trinajstić information content (AvgIpc) is 2.82. The van der Waals surface area contributed by atoms with E-state index in [9.17, 15) is 23.5 Å². The van der Waals surface area contributed by atoms with Gasteiger partial charge in [-0.15, -0.1) is 0 Å². The molecule has 0 spiro atoms. The Balaban J connectivity index is 1.79. The number of nitrogens with one attached hydrogen (secondary N) is 2. The number of aliphatic hydroxyl groups is 1. The predicted octanol–water partition coefficient (Wildman–Crippen LogP) is 5.23. The predicted molar refractivity (Wildman–Crippen MR) is 146 cm³/mol. The van der Waals surface area contributed by atoms with Crippen LogP contribution in [0, 0.1) is 17.6 Å². The molecule has 0 aromatic heterocycles. The standard InChI is InChI=1S/C31H36F2N2O3/c1-19(2)10-22-8-9-29(25-7-5-6-24(15-25)20(3)36)26(11-22)17-34-18-31(38)30(35-21(4)37)14-23-12-27(32)16-28(33)13-23/h5-9,11-13,15-16,19,30-31,34,38H,10,14,17-18H2,1-4H3,(H,35,37)/t30-,31+/m0/s1. The molecular weight excluding hydrogens is 486 g/mol. The molecule has 0 aliphatic rings. The fourth-order valence-corrected chi connectivity index (χ4v) is 4.60. The number of halogens is 2. The lowest BCUT2D eigenvalue weighted by Crippen LogP contribution is -2.48. The van der Waals surface area contributed by atoms with Crippen LogP contribution in [0.5, 0.6) is 0 Å². The number of aliphatic hydroxyl groups excluding tert-OH is 1. The molecule has 3 aromatic rings. The highest BCUT2D eigenvalue weighted by molar-refractivity contribution is 5.95. The van der Waals surface area contributed by atoms with Crippen molar-refractivity contribution in [3.63, 3.8) is 0 Å². The Morgan fingerprint density at radius 1 is 0.895 bits per heavy atom. The first-order valence-electron chi connectivity index (χ1n) is 12.9. The van der Waals surface area contributed by atoms with Gasteiger partial charge in [0.1, 0.15) is 11.6 Å². The first-order valence-corrected chi connectivity index (χ1v) is 12.9. The summed E-state index contributed by atoms with van der Waals surface area (Å²) < 4.78 is 27.3. The maximum Gasteiger partial charge on any atom is 0.217 e. The van der Waals surface area contributed by atoms with Gasteiger partial charge in [-0.25, -0.2) is 8.78 Å². The van der Waals surface area contributed by atoms with Crippen molar-refractivity contribution in [3.8, 4) is 11.1 Å². The second-order valence-electron chi connectivity index (χ2n) is 10.2. The molecule has 0 heterocycles. The quantitative estimate of drug-likeness (QED) is 0.285. The topological polar surface area (TPSA) is 78.4 Å². The third-order valence-corrected chi connectivity index (χ3v) is 6.29. The molecule has 7 heteroatoms. The van der Waals surface area contributed by atoms with E-state index in [0.29, 0.717) is 23.6 Å². The molecule has 202 valence electrons. The fraction of sp³-hybridized carbons (Fsp3) is 0.355. The lowest BCUT2D eigenvalue weighted by atomic mass is 9.93. The van der Waals surface area contributed by atoms with Crippen LogP contribution < -0.4 is 10.6 Å². The van der Waals surface area contributed by atoms with E-state index in [1.54, 1.807) is 13.0 Å². The van der Waals surface area contributed by atoms with Crippen molar-refractivity contribution >= 4 is 11.7 Å². The minimum atomic E-state index is -1.01. The number of rotatable bonds is 12. The Bertz CT molecular complexity index is 1260. The Labute approximate surface area is 223 Å². The largest absolute Gasteiger partial charge is 0.390 e. The Kier molecular flexibility index (Phi) is 10.3. The summed E-state index contributed by atoms with van der Waals surface area (Å²) in [7, 11) is 0. The summed E-state index contributed by atoms with van der Waals surface area (Å²) in [6.07, 6.45) is -0.0176. The molecule has 3 aromatic carbocycles. The van der Waals surface area contributed by atoms with Crippen LogP contribution in [0.25, 0.3) is 11.1 Å². The van der Waals surface area contributed by atoms with Crippen molar-refractivity contribution in [3.05, 3.63) is 94.6 Å². The smallest absolute Gasteiger partial charge is 0.217 e. The van der Waals surface area contributed by atoms with E-state index in [-0.39, 0.29) is 24.7 Å². The maximum atomic E-state index is 13.7. The van der Waals surface area contributed by atoms with Crippen molar-refractivity contribution in [2.24, 2.45) is 5.92 Å². The van der Waals surface area contributed by atoms with Gasteiger partial charge in [0.05, 0.1) is 12.1 Å². The van der Waals surface area contributed by atoms with Crippen molar-refractivity contribution < 1.29 is 23.5 Å². The average molecular weight is 523 g/mol. The van der Waals surface area contributed by atoms with Crippen LogP contribution >= 0.6 is 0 Å². The minimum Gasteiger partial charge on any atom is -0.390 e. The molecule has 3 rings (SSSR count). The number of Topliss-reactive ketones (excluding diaryl/α,β-unsaturated/α-hetero) is 1. The summed E-state index contributed by atoms with van der Waals surface area (Å²) in [6.45, 7) is 7.77. The number of amides is 1. The minimum absolute atomic E-state index is 0.00623. The number of ketones is 1. The van der Waals surface area contributed by atoms with E-state index in [1.165, 1.54) is 24.6 Å². The molecular formula is C31H36F2N2O3. The number of carbonyl (C=O) groups is 2. The number of carbonyl (C=O) groups excluding carboxylic acids is 2. The van der Waals surface area contributed by atoms with Crippen molar-refractivity contribution in [1.29, 1.82) is 0 Å². The zero-order chi connectivity index (χ0) is 27.8. The lowest BCUT2D eigenvalue weighted by Gasteiger charge is -2.24.